The maximum absolute atomic E-state index is 11.6. The summed E-state index contributed by atoms with van der Waals surface area (Å²) in [7, 11) is 0. The molecular formula is C23H33N5O2S. The Morgan fingerprint density at radius 2 is 1.87 bits per heavy atom. The van der Waals surface area contributed by atoms with Crippen LogP contribution < -0.4 is 16.2 Å². The van der Waals surface area contributed by atoms with Gasteiger partial charge in [0.25, 0.3) is 0 Å². The number of hydrogen-bond donors (Lipinski definition) is 3. The fourth-order valence-electron chi connectivity index (χ4n) is 3.55. The average Bonchev–Trinajstić information content (AvgIpc) is 3.48. The largest absolute Gasteiger partial charge is 0.381 e. The fraction of sp³-hybridized carbons (Fsp3) is 0.522. The predicted molar refractivity (Wildman–Crippen MR) is 129 cm³/mol. The molecule has 2 aliphatic rings. The van der Waals surface area contributed by atoms with Crippen molar-refractivity contribution in [1.29, 1.82) is 0 Å². The highest BCUT2D eigenvalue weighted by Crippen LogP contribution is 2.33. The van der Waals surface area contributed by atoms with Gasteiger partial charge in [-0.2, -0.15) is 0 Å². The van der Waals surface area contributed by atoms with Crippen LogP contribution in [-0.2, 0) is 4.74 Å². The third kappa shape index (κ3) is 6.85. The molecular weight excluding hydrogens is 410 g/mol. The second-order valence-corrected chi connectivity index (χ2v) is 8.56. The van der Waals surface area contributed by atoms with Gasteiger partial charge in [0.15, 0.2) is 0 Å². The number of aromatic amines is 1. The number of thiazole rings is 1. The van der Waals surface area contributed by atoms with Crippen LogP contribution in [0.15, 0.2) is 29.2 Å². The Bertz CT molecular complexity index is 999. The van der Waals surface area contributed by atoms with E-state index in [0.717, 1.165) is 46.8 Å². The van der Waals surface area contributed by atoms with E-state index in [0.29, 0.717) is 17.6 Å². The van der Waals surface area contributed by atoms with Crippen LogP contribution in [0.1, 0.15) is 56.0 Å². The van der Waals surface area contributed by atoms with E-state index < -0.39 is 0 Å². The topological polar surface area (TPSA) is 91.9 Å². The molecule has 0 bridgehead atoms. The van der Waals surface area contributed by atoms with Crippen LogP contribution in [0.2, 0.25) is 0 Å². The molecule has 0 atom stereocenters. The summed E-state index contributed by atoms with van der Waals surface area (Å²) in [6, 6.07) is 5.36. The van der Waals surface area contributed by atoms with E-state index in [-0.39, 0.29) is 5.56 Å². The molecule has 3 aromatic rings. The number of nitrogens with one attached hydrogen (secondary N) is 3. The van der Waals surface area contributed by atoms with E-state index in [2.05, 4.69) is 20.6 Å². The molecule has 0 aliphatic carbocycles. The number of H-pyrrole nitrogens is 1. The summed E-state index contributed by atoms with van der Waals surface area (Å²) in [6.07, 6.45) is 6.68. The molecule has 0 saturated carbocycles. The second kappa shape index (κ2) is 11.9. The summed E-state index contributed by atoms with van der Waals surface area (Å²) >= 11 is 1.71. The molecule has 7 nitrogen and oxygen atoms in total. The molecule has 0 amide bonds. The van der Waals surface area contributed by atoms with Gasteiger partial charge in [0.1, 0.15) is 11.6 Å². The lowest BCUT2D eigenvalue weighted by atomic mass is 10.0. The Morgan fingerprint density at radius 3 is 2.52 bits per heavy atom. The van der Waals surface area contributed by atoms with Crippen molar-refractivity contribution in [3.8, 4) is 0 Å². The van der Waals surface area contributed by atoms with Crippen LogP contribution in [-0.4, -0.2) is 41.3 Å². The molecule has 3 aromatic heterocycles. The molecule has 2 aliphatic heterocycles. The van der Waals surface area contributed by atoms with Gasteiger partial charge in [-0.05, 0) is 57.3 Å². The minimum absolute atomic E-state index is 0.131. The molecule has 5 rings (SSSR count). The SMILES string of the molecule is C1CCNC1.CC.Cc1cc(Nc2cc3nc(C4CCOCC4)sc3cn2)[nH]c(=O)c1. The van der Waals surface area contributed by atoms with Gasteiger partial charge in [-0.25, -0.2) is 9.97 Å². The average molecular weight is 444 g/mol. The van der Waals surface area contributed by atoms with Crippen LogP contribution in [0, 0.1) is 6.92 Å². The number of ether oxygens (including phenoxy) is 1. The van der Waals surface area contributed by atoms with Crippen molar-refractivity contribution < 1.29 is 4.74 Å². The lowest BCUT2D eigenvalue weighted by Crippen LogP contribution is -2.13. The highest BCUT2D eigenvalue weighted by molar-refractivity contribution is 7.18. The van der Waals surface area contributed by atoms with Crippen molar-refractivity contribution in [3.63, 3.8) is 0 Å². The maximum Gasteiger partial charge on any atom is 0.249 e. The number of aromatic nitrogens is 3. The molecule has 168 valence electrons. The van der Waals surface area contributed by atoms with Crippen molar-refractivity contribution in [2.45, 2.75) is 52.4 Å². The minimum Gasteiger partial charge on any atom is -0.381 e. The highest BCUT2D eigenvalue weighted by Gasteiger charge is 2.19. The number of pyridine rings is 2. The molecule has 8 heteroatoms. The molecule has 5 heterocycles. The number of nitrogens with zero attached hydrogens (tertiary/aromatic N) is 2. The first-order valence-corrected chi connectivity index (χ1v) is 12.0. The Hall–Kier alpha value is -2.29. The standard InChI is InChI=1S/C17H18N4O2S.C4H9N.C2H6/c1-10-6-15(21-16(22)7-10)20-14-8-12-13(9-18-14)24-17(19-12)11-2-4-23-5-3-11;1-2-4-5-3-1;1-2/h6-9,11H,2-5H2,1H3,(H2,18,20,21,22);5H,1-4H2;1-2H3. The van der Waals surface area contributed by atoms with Gasteiger partial charge in [-0.15, -0.1) is 11.3 Å². The van der Waals surface area contributed by atoms with Gasteiger partial charge in [0, 0.05) is 37.5 Å². The summed E-state index contributed by atoms with van der Waals surface area (Å²) in [5.74, 6) is 1.79. The number of rotatable bonds is 3. The molecule has 0 spiro atoms. The molecule has 0 aromatic carbocycles. The fourth-order valence-corrected chi connectivity index (χ4v) is 4.64. The van der Waals surface area contributed by atoms with E-state index in [1.165, 1.54) is 25.9 Å². The maximum atomic E-state index is 11.6. The van der Waals surface area contributed by atoms with Crippen molar-refractivity contribution >= 4 is 33.2 Å². The van der Waals surface area contributed by atoms with E-state index in [4.69, 9.17) is 9.72 Å². The molecule has 3 N–H and O–H groups in total. The Balaban J connectivity index is 0.000000337. The molecule has 31 heavy (non-hydrogen) atoms. The van der Waals surface area contributed by atoms with Crippen LogP contribution in [0.4, 0.5) is 11.6 Å². The molecule has 2 fully saturated rings. The van der Waals surface area contributed by atoms with Gasteiger partial charge in [-0.3, -0.25) is 4.79 Å². The van der Waals surface area contributed by atoms with Gasteiger partial charge in [0.05, 0.1) is 15.2 Å². The van der Waals surface area contributed by atoms with Gasteiger partial charge < -0.3 is 20.4 Å². The highest BCUT2D eigenvalue weighted by atomic mass is 32.1. The number of hydrogen-bond acceptors (Lipinski definition) is 7. The zero-order valence-corrected chi connectivity index (χ0v) is 19.5. The summed E-state index contributed by atoms with van der Waals surface area (Å²) in [4.78, 5) is 23.5. The quantitative estimate of drug-likeness (QED) is 0.542. The number of aryl methyl sites for hydroxylation is 1. The van der Waals surface area contributed by atoms with Gasteiger partial charge >= 0.3 is 0 Å². The zero-order valence-electron chi connectivity index (χ0n) is 18.7. The monoisotopic (exact) mass is 443 g/mol. The van der Waals surface area contributed by atoms with Crippen LogP contribution >= 0.6 is 11.3 Å². The predicted octanol–water partition coefficient (Wildman–Crippen LogP) is 4.72. The van der Waals surface area contributed by atoms with E-state index >= 15 is 0 Å². The molecule has 0 radical (unpaired) electrons. The van der Waals surface area contributed by atoms with Crippen molar-refractivity contribution in [1.82, 2.24) is 20.3 Å². The number of anilines is 2. The van der Waals surface area contributed by atoms with Gasteiger partial charge in [-0.1, -0.05) is 13.8 Å². The van der Waals surface area contributed by atoms with E-state index in [1.54, 1.807) is 17.4 Å². The van der Waals surface area contributed by atoms with Gasteiger partial charge in [0.2, 0.25) is 5.56 Å². The second-order valence-electron chi connectivity index (χ2n) is 7.49. The third-order valence-electron chi connectivity index (χ3n) is 5.07. The molecule has 0 unspecified atom stereocenters. The van der Waals surface area contributed by atoms with Crippen molar-refractivity contribution in [2.24, 2.45) is 0 Å². The Labute approximate surface area is 187 Å². The summed E-state index contributed by atoms with van der Waals surface area (Å²) < 4.78 is 6.51. The van der Waals surface area contributed by atoms with E-state index in [1.807, 2.05) is 39.1 Å². The summed E-state index contributed by atoms with van der Waals surface area (Å²) in [5.41, 5.74) is 1.71. The first kappa shape index (κ1) is 23.4. The normalized spacial score (nSPS) is 16.2. The smallest absolute Gasteiger partial charge is 0.249 e. The van der Waals surface area contributed by atoms with Crippen molar-refractivity contribution in [3.05, 3.63) is 45.3 Å². The lowest BCUT2D eigenvalue weighted by molar-refractivity contribution is 0.0853. The Kier molecular flexibility index (Phi) is 8.99. The molecule has 2 saturated heterocycles. The first-order chi connectivity index (χ1) is 15.2. The summed E-state index contributed by atoms with van der Waals surface area (Å²) in [6.45, 7) is 10.0. The minimum atomic E-state index is -0.131. The van der Waals surface area contributed by atoms with Crippen LogP contribution in [0.25, 0.3) is 10.2 Å². The Morgan fingerprint density at radius 1 is 1.13 bits per heavy atom. The number of fused-ring (bicyclic) bond motifs is 1. The first-order valence-electron chi connectivity index (χ1n) is 11.2. The third-order valence-corrected chi connectivity index (χ3v) is 6.24. The van der Waals surface area contributed by atoms with Crippen LogP contribution in [0.5, 0.6) is 0 Å². The summed E-state index contributed by atoms with van der Waals surface area (Å²) in [5, 5.41) is 7.53. The van der Waals surface area contributed by atoms with Crippen molar-refractivity contribution in [2.75, 3.05) is 31.6 Å². The van der Waals surface area contributed by atoms with Crippen LogP contribution in [0.3, 0.4) is 0 Å². The lowest BCUT2D eigenvalue weighted by Gasteiger charge is -2.19. The van der Waals surface area contributed by atoms with E-state index in [9.17, 15) is 4.79 Å². The zero-order chi connectivity index (χ0) is 22.1.